The fourth-order valence-corrected chi connectivity index (χ4v) is 3.25. The van der Waals surface area contributed by atoms with E-state index in [-0.39, 0.29) is 34.2 Å². The molecule has 1 saturated heterocycles. The molecule has 1 heterocycles. The molecule has 1 aromatic carbocycles. The molecule has 7 heteroatoms. The van der Waals surface area contributed by atoms with Gasteiger partial charge in [0, 0.05) is 24.7 Å². The standard InChI is InChI=1S/C17H19ClN2O4/c18-14-8-12(5-6-13(14)17(23)24)19-15(21)11-2-1-7-20(9-11)16(22)10-3-4-10/h5-6,8,10-11H,1-4,7,9H2,(H,19,21)(H,23,24). The van der Waals surface area contributed by atoms with Gasteiger partial charge in [-0.3, -0.25) is 9.59 Å². The Labute approximate surface area is 144 Å². The molecule has 128 valence electrons. The minimum absolute atomic E-state index is 0.00598. The van der Waals surface area contributed by atoms with Gasteiger partial charge < -0.3 is 15.3 Å². The lowest BCUT2D eigenvalue weighted by molar-refractivity contribution is -0.135. The predicted molar refractivity (Wildman–Crippen MR) is 89.1 cm³/mol. The van der Waals surface area contributed by atoms with Gasteiger partial charge in [0.25, 0.3) is 0 Å². The number of benzene rings is 1. The van der Waals surface area contributed by atoms with Gasteiger partial charge in [-0.05, 0) is 43.9 Å². The molecule has 2 fully saturated rings. The highest BCUT2D eigenvalue weighted by molar-refractivity contribution is 6.33. The molecule has 2 N–H and O–H groups in total. The quantitative estimate of drug-likeness (QED) is 0.873. The average molecular weight is 351 g/mol. The van der Waals surface area contributed by atoms with Crippen LogP contribution in [0.15, 0.2) is 18.2 Å². The summed E-state index contributed by atoms with van der Waals surface area (Å²) < 4.78 is 0. The minimum atomic E-state index is -1.11. The second-order valence-corrected chi connectivity index (χ2v) is 6.79. The van der Waals surface area contributed by atoms with Crippen LogP contribution in [0.3, 0.4) is 0 Å². The molecule has 24 heavy (non-hydrogen) atoms. The van der Waals surface area contributed by atoms with Gasteiger partial charge in [0.1, 0.15) is 0 Å². The summed E-state index contributed by atoms with van der Waals surface area (Å²) in [7, 11) is 0. The van der Waals surface area contributed by atoms with Crippen LogP contribution in [0.2, 0.25) is 5.02 Å². The van der Waals surface area contributed by atoms with E-state index in [9.17, 15) is 14.4 Å². The van der Waals surface area contributed by atoms with Crippen molar-refractivity contribution in [2.24, 2.45) is 11.8 Å². The summed E-state index contributed by atoms with van der Waals surface area (Å²) in [5.41, 5.74) is 0.453. The Bertz CT molecular complexity index is 687. The van der Waals surface area contributed by atoms with Crippen molar-refractivity contribution < 1.29 is 19.5 Å². The Hall–Kier alpha value is -2.08. The number of likely N-dealkylation sites (tertiary alicyclic amines) is 1. The van der Waals surface area contributed by atoms with Crippen LogP contribution in [0.5, 0.6) is 0 Å². The number of hydrogen-bond acceptors (Lipinski definition) is 3. The SMILES string of the molecule is O=C(O)c1ccc(NC(=O)C2CCCN(C(=O)C3CC3)C2)cc1Cl. The molecule has 0 radical (unpaired) electrons. The second-order valence-electron chi connectivity index (χ2n) is 6.39. The largest absolute Gasteiger partial charge is 0.478 e. The molecular formula is C17H19ClN2O4. The average Bonchev–Trinajstić information content (AvgIpc) is 3.39. The predicted octanol–water partition coefficient (Wildman–Crippen LogP) is 2.63. The van der Waals surface area contributed by atoms with Crippen molar-refractivity contribution in [2.75, 3.05) is 18.4 Å². The van der Waals surface area contributed by atoms with E-state index in [1.807, 2.05) is 0 Å². The minimum Gasteiger partial charge on any atom is -0.478 e. The van der Waals surface area contributed by atoms with Crippen molar-refractivity contribution in [1.29, 1.82) is 0 Å². The zero-order valence-electron chi connectivity index (χ0n) is 13.1. The smallest absolute Gasteiger partial charge is 0.337 e. The van der Waals surface area contributed by atoms with Crippen LogP contribution >= 0.6 is 11.6 Å². The zero-order chi connectivity index (χ0) is 17.3. The third-order valence-electron chi connectivity index (χ3n) is 4.50. The van der Waals surface area contributed by atoms with E-state index in [2.05, 4.69) is 5.32 Å². The number of rotatable bonds is 4. The first-order valence-corrected chi connectivity index (χ1v) is 8.46. The number of nitrogens with zero attached hydrogens (tertiary/aromatic N) is 1. The number of carboxylic acid groups (broad SMARTS) is 1. The van der Waals surface area contributed by atoms with E-state index in [1.165, 1.54) is 18.2 Å². The van der Waals surface area contributed by atoms with Crippen molar-refractivity contribution in [1.82, 2.24) is 4.90 Å². The molecule has 1 aliphatic heterocycles. The molecule has 1 unspecified atom stereocenters. The van der Waals surface area contributed by atoms with Crippen LogP contribution in [-0.4, -0.2) is 40.9 Å². The van der Waals surface area contributed by atoms with Crippen molar-refractivity contribution in [3.05, 3.63) is 28.8 Å². The first-order valence-electron chi connectivity index (χ1n) is 8.08. The molecule has 2 amide bonds. The number of piperidine rings is 1. The molecule has 0 spiro atoms. The molecule has 1 saturated carbocycles. The number of nitrogens with one attached hydrogen (secondary N) is 1. The summed E-state index contributed by atoms with van der Waals surface area (Å²) in [6.45, 7) is 1.17. The number of carbonyl (C=O) groups excluding carboxylic acids is 2. The van der Waals surface area contributed by atoms with Gasteiger partial charge in [-0.25, -0.2) is 4.79 Å². The third-order valence-corrected chi connectivity index (χ3v) is 4.81. The molecule has 3 rings (SSSR count). The number of carboxylic acids is 1. The van der Waals surface area contributed by atoms with Crippen LogP contribution < -0.4 is 5.32 Å². The number of aromatic carboxylic acids is 1. The van der Waals surface area contributed by atoms with E-state index in [1.54, 1.807) is 4.90 Å². The molecule has 0 aromatic heterocycles. The number of amides is 2. The van der Waals surface area contributed by atoms with Crippen LogP contribution in [0.1, 0.15) is 36.0 Å². The van der Waals surface area contributed by atoms with E-state index >= 15 is 0 Å². The van der Waals surface area contributed by atoms with E-state index in [0.717, 1.165) is 32.2 Å². The monoisotopic (exact) mass is 350 g/mol. The molecule has 1 atom stereocenters. The van der Waals surface area contributed by atoms with Crippen molar-refractivity contribution in [3.8, 4) is 0 Å². The maximum absolute atomic E-state index is 12.4. The summed E-state index contributed by atoms with van der Waals surface area (Å²) in [6.07, 6.45) is 3.47. The van der Waals surface area contributed by atoms with Gasteiger partial charge in [0.15, 0.2) is 0 Å². The Morgan fingerprint density at radius 1 is 1.17 bits per heavy atom. The van der Waals surface area contributed by atoms with Crippen LogP contribution in [0.25, 0.3) is 0 Å². The molecule has 6 nitrogen and oxygen atoms in total. The van der Waals surface area contributed by atoms with Crippen molar-refractivity contribution in [3.63, 3.8) is 0 Å². The van der Waals surface area contributed by atoms with Gasteiger partial charge in [-0.1, -0.05) is 11.6 Å². The maximum Gasteiger partial charge on any atom is 0.337 e. The van der Waals surface area contributed by atoms with Crippen molar-refractivity contribution >= 4 is 35.1 Å². The van der Waals surface area contributed by atoms with Gasteiger partial charge in [-0.15, -0.1) is 0 Å². The topological polar surface area (TPSA) is 86.7 Å². The molecule has 1 aromatic rings. The fraction of sp³-hybridized carbons (Fsp3) is 0.471. The van der Waals surface area contributed by atoms with Gasteiger partial charge in [0.2, 0.25) is 11.8 Å². The lowest BCUT2D eigenvalue weighted by atomic mass is 9.96. The van der Waals surface area contributed by atoms with Crippen molar-refractivity contribution in [2.45, 2.75) is 25.7 Å². The third kappa shape index (κ3) is 3.70. The highest BCUT2D eigenvalue weighted by atomic mass is 35.5. The normalized spacial score (nSPS) is 20.5. The first-order chi connectivity index (χ1) is 11.5. The molecule has 1 aliphatic carbocycles. The van der Waals surface area contributed by atoms with Gasteiger partial charge in [-0.2, -0.15) is 0 Å². The lowest BCUT2D eigenvalue weighted by Crippen LogP contribution is -2.44. The Morgan fingerprint density at radius 2 is 1.92 bits per heavy atom. The summed E-state index contributed by atoms with van der Waals surface area (Å²) in [5, 5.41) is 11.8. The zero-order valence-corrected chi connectivity index (χ0v) is 13.9. The number of anilines is 1. The lowest BCUT2D eigenvalue weighted by Gasteiger charge is -2.32. The summed E-state index contributed by atoms with van der Waals surface area (Å²) >= 11 is 5.92. The summed E-state index contributed by atoms with van der Waals surface area (Å²) in [4.78, 5) is 37.3. The Kier molecular flexibility index (Phi) is 4.76. The summed E-state index contributed by atoms with van der Waals surface area (Å²) in [6, 6.07) is 4.31. The highest BCUT2D eigenvalue weighted by Gasteiger charge is 2.36. The van der Waals surface area contributed by atoms with Gasteiger partial charge in [0.05, 0.1) is 16.5 Å². The summed E-state index contributed by atoms with van der Waals surface area (Å²) in [5.74, 6) is -1.20. The molecular weight excluding hydrogens is 332 g/mol. The van der Waals surface area contributed by atoms with Crippen LogP contribution in [0, 0.1) is 11.8 Å². The number of carbonyl (C=O) groups is 3. The van der Waals surface area contributed by atoms with Gasteiger partial charge >= 0.3 is 5.97 Å². The number of halogens is 1. The Balaban J connectivity index is 1.62. The van der Waals surface area contributed by atoms with Crippen LogP contribution in [0.4, 0.5) is 5.69 Å². The maximum atomic E-state index is 12.4. The van der Waals surface area contributed by atoms with E-state index < -0.39 is 5.97 Å². The van der Waals surface area contributed by atoms with Crippen LogP contribution in [-0.2, 0) is 9.59 Å². The van der Waals surface area contributed by atoms with E-state index in [4.69, 9.17) is 16.7 Å². The molecule has 0 bridgehead atoms. The highest BCUT2D eigenvalue weighted by Crippen LogP contribution is 2.32. The Morgan fingerprint density at radius 3 is 2.54 bits per heavy atom. The second kappa shape index (κ2) is 6.81. The number of hydrogen-bond donors (Lipinski definition) is 2. The first kappa shape index (κ1) is 16.8. The molecule has 2 aliphatic rings. The van der Waals surface area contributed by atoms with E-state index in [0.29, 0.717) is 12.2 Å². The fourth-order valence-electron chi connectivity index (χ4n) is 2.99.